The summed E-state index contributed by atoms with van der Waals surface area (Å²) in [6, 6.07) is 1.41. The Morgan fingerprint density at radius 3 is 2.83 bits per heavy atom. The van der Waals surface area contributed by atoms with Crippen LogP contribution in [0.3, 0.4) is 0 Å². The van der Waals surface area contributed by atoms with Gasteiger partial charge in [0.05, 0.1) is 18.3 Å². The van der Waals surface area contributed by atoms with E-state index in [0.29, 0.717) is 17.9 Å². The maximum absolute atomic E-state index is 13.1. The van der Waals surface area contributed by atoms with Gasteiger partial charge in [-0.15, -0.1) is 11.6 Å². The molecule has 2 aromatic rings. The third kappa shape index (κ3) is 2.79. The molecule has 0 saturated heterocycles. The van der Waals surface area contributed by atoms with Gasteiger partial charge in [0, 0.05) is 38.0 Å². The maximum atomic E-state index is 13.1. The minimum absolute atomic E-state index is 0.234. The van der Waals surface area contributed by atoms with Gasteiger partial charge in [-0.25, -0.2) is 9.37 Å². The highest BCUT2D eigenvalue weighted by molar-refractivity contribution is 6.17. The normalized spacial score (nSPS) is 10.7. The Hall–Kier alpha value is -1.62. The molecule has 96 valence electrons. The third-order valence-corrected chi connectivity index (χ3v) is 2.88. The van der Waals surface area contributed by atoms with Crippen LogP contribution in [-0.2, 0) is 19.5 Å². The van der Waals surface area contributed by atoms with E-state index in [4.69, 9.17) is 11.6 Å². The number of hydrogen-bond acceptors (Lipinski definition) is 3. The Balaban J connectivity index is 2.20. The first-order chi connectivity index (χ1) is 8.60. The molecule has 0 unspecified atom stereocenters. The van der Waals surface area contributed by atoms with Gasteiger partial charge in [0.2, 0.25) is 0 Å². The maximum Gasteiger partial charge on any atom is 0.141 e. The van der Waals surface area contributed by atoms with E-state index < -0.39 is 0 Å². The summed E-state index contributed by atoms with van der Waals surface area (Å²) in [5.41, 5.74) is 1.75. The lowest BCUT2D eigenvalue weighted by Crippen LogP contribution is -2.19. The van der Waals surface area contributed by atoms with E-state index in [9.17, 15) is 4.39 Å². The number of pyridine rings is 1. The summed E-state index contributed by atoms with van der Waals surface area (Å²) in [7, 11) is 3.76. The third-order valence-electron chi connectivity index (χ3n) is 2.59. The number of alkyl halides is 1. The molecule has 2 rings (SSSR count). The molecule has 0 atom stereocenters. The van der Waals surface area contributed by atoms with E-state index in [0.717, 1.165) is 5.56 Å². The molecule has 0 saturated carbocycles. The van der Waals surface area contributed by atoms with Crippen molar-refractivity contribution < 1.29 is 4.39 Å². The van der Waals surface area contributed by atoms with Crippen LogP contribution in [0.1, 0.15) is 11.1 Å². The fourth-order valence-electron chi connectivity index (χ4n) is 1.82. The van der Waals surface area contributed by atoms with Gasteiger partial charge in [-0.2, -0.15) is 5.10 Å². The number of hydrogen-bond donors (Lipinski definition) is 0. The standard InChI is InChI=1S/C12H14ClFN4/c1-17(7-9-5-16-18(2)8-9)12-10(4-13)3-11(14)6-15-12/h3,5-6,8H,4,7H2,1-2H3. The van der Waals surface area contributed by atoms with Gasteiger partial charge >= 0.3 is 0 Å². The average molecular weight is 269 g/mol. The monoisotopic (exact) mass is 268 g/mol. The molecule has 0 aromatic carbocycles. The minimum atomic E-state index is -0.371. The van der Waals surface area contributed by atoms with Gasteiger partial charge in [0.15, 0.2) is 0 Å². The van der Waals surface area contributed by atoms with Gasteiger partial charge in [-0.3, -0.25) is 4.68 Å². The molecule has 0 bridgehead atoms. The van der Waals surface area contributed by atoms with Crippen molar-refractivity contribution in [2.24, 2.45) is 7.05 Å². The molecule has 4 nitrogen and oxygen atoms in total. The van der Waals surface area contributed by atoms with Crippen molar-refractivity contribution in [2.75, 3.05) is 11.9 Å². The summed E-state index contributed by atoms with van der Waals surface area (Å²) in [6.45, 7) is 0.649. The van der Waals surface area contributed by atoms with Gasteiger partial charge in [-0.05, 0) is 6.07 Å². The smallest absolute Gasteiger partial charge is 0.141 e. The summed E-state index contributed by atoms with van der Waals surface area (Å²) in [6.07, 6.45) is 4.92. The summed E-state index contributed by atoms with van der Waals surface area (Å²) in [5, 5.41) is 4.10. The van der Waals surface area contributed by atoms with E-state index in [1.807, 2.05) is 25.2 Å². The molecule has 0 amide bonds. The number of rotatable bonds is 4. The molecule has 0 fully saturated rings. The number of anilines is 1. The van der Waals surface area contributed by atoms with E-state index >= 15 is 0 Å². The zero-order valence-corrected chi connectivity index (χ0v) is 11.0. The molecule has 2 heterocycles. The quantitative estimate of drug-likeness (QED) is 0.798. The second-order valence-electron chi connectivity index (χ2n) is 4.15. The van der Waals surface area contributed by atoms with E-state index in [-0.39, 0.29) is 11.7 Å². The van der Waals surface area contributed by atoms with Crippen LogP contribution in [0.5, 0.6) is 0 Å². The average Bonchev–Trinajstić information content (AvgIpc) is 2.74. The van der Waals surface area contributed by atoms with E-state index in [1.54, 1.807) is 10.9 Å². The lowest BCUT2D eigenvalue weighted by molar-refractivity contribution is 0.619. The zero-order valence-electron chi connectivity index (χ0n) is 10.3. The van der Waals surface area contributed by atoms with Gasteiger partial charge in [0.1, 0.15) is 11.6 Å². The van der Waals surface area contributed by atoms with Crippen molar-refractivity contribution in [3.8, 4) is 0 Å². The number of nitrogens with zero attached hydrogens (tertiary/aromatic N) is 4. The van der Waals surface area contributed by atoms with Crippen LogP contribution >= 0.6 is 11.6 Å². The lowest BCUT2D eigenvalue weighted by atomic mass is 10.2. The van der Waals surface area contributed by atoms with Crippen molar-refractivity contribution in [3.63, 3.8) is 0 Å². The second kappa shape index (κ2) is 5.35. The molecule has 0 radical (unpaired) electrons. The van der Waals surface area contributed by atoms with Crippen molar-refractivity contribution in [2.45, 2.75) is 12.4 Å². The fourth-order valence-corrected chi connectivity index (χ4v) is 2.01. The van der Waals surface area contributed by atoms with E-state index in [2.05, 4.69) is 10.1 Å². The first-order valence-electron chi connectivity index (χ1n) is 5.49. The zero-order chi connectivity index (χ0) is 13.1. The Kier molecular flexibility index (Phi) is 3.81. The SMILES string of the molecule is CN(Cc1cnn(C)c1)c1ncc(F)cc1CCl. The largest absolute Gasteiger partial charge is 0.355 e. The molecule has 0 aliphatic heterocycles. The molecule has 18 heavy (non-hydrogen) atoms. The van der Waals surface area contributed by atoms with E-state index in [1.165, 1.54) is 12.3 Å². The molecular formula is C12H14ClFN4. The number of aryl methyl sites for hydroxylation is 1. The Morgan fingerprint density at radius 1 is 1.44 bits per heavy atom. The van der Waals surface area contributed by atoms with Crippen LogP contribution in [0, 0.1) is 5.82 Å². The Labute approximate surface area is 110 Å². The molecular weight excluding hydrogens is 255 g/mol. The number of aromatic nitrogens is 3. The van der Waals surface area contributed by atoms with Crippen LogP contribution in [-0.4, -0.2) is 21.8 Å². The molecule has 2 aromatic heterocycles. The predicted octanol–water partition coefficient (Wildman–Crippen LogP) is 2.33. The lowest BCUT2D eigenvalue weighted by Gasteiger charge is -2.19. The van der Waals surface area contributed by atoms with Crippen LogP contribution in [0.25, 0.3) is 0 Å². The summed E-state index contributed by atoms with van der Waals surface area (Å²) >= 11 is 5.81. The summed E-state index contributed by atoms with van der Waals surface area (Å²) < 4.78 is 14.8. The topological polar surface area (TPSA) is 34.0 Å². The highest BCUT2D eigenvalue weighted by Crippen LogP contribution is 2.20. The van der Waals surface area contributed by atoms with Crippen molar-refractivity contribution in [3.05, 3.63) is 41.6 Å². The molecule has 0 N–H and O–H groups in total. The molecule has 6 heteroatoms. The van der Waals surface area contributed by atoms with Crippen LogP contribution in [0.4, 0.5) is 10.2 Å². The summed E-state index contributed by atoms with van der Waals surface area (Å²) in [5.74, 6) is 0.553. The van der Waals surface area contributed by atoms with Crippen LogP contribution in [0.15, 0.2) is 24.7 Å². The highest BCUT2D eigenvalue weighted by atomic mass is 35.5. The Bertz CT molecular complexity index is 541. The van der Waals surface area contributed by atoms with Crippen molar-refractivity contribution in [1.82, 2.24) is 14.8 Å². The Morgan fingerprint density at radius 2 is 2.22 bits per heavy atom. The van der Waals surface area contributed by atoms with Crippen LogP contribution in [0.2, 0.25) is 0 Å². The second-order valence-corrected chi connectivity index (χ2v) is 4.42. The number of halogens is 2. The first kappa shape index (κ1) is 12.8. The van der Waals surface area contributed by atoms with Gasteiger partial charge in [-0.1, -0.05) is 0 Å². The minimum Gasteiger partial charge on any atom is -0.355 e. The molecule has 0 aliphatic rings. The predicted molar refractivity (Wildman–Crippen MR) is 69.1 cm³/mol. The molecule has 0 spiro atoms. The van der Waals surface area contributed by atoms with Gasteiger partial charge < -0.3 is 4.90 Å². The van der Waals surface area contributed by atoms with Crippen molar-refractivity contribution >= 4 is 17.4 Å². The van der Waals surface area contributed by atoms with Crippen molar-refractivity contribution in [1.29, 1.82) is 0 Å². The fraction of sp³-hybridized carbons (Fsp3) is 0.333. The van der Waals surface area contributed by atoms with Gasteiger partial charge in [0.25, 0.3) is 0 Å². The summed E-state index contributed by atoms with van der Waals surface area (Å²) in [4.78, 5) is 6.02. The first-order valence-corrected chi connectivity index (χ1v) is 6.02. The van der Waals surface area contributed by atoms with Crippen LogP contribution < -0.4 is 4.90 Å². The molecule has 0 aliphatic carbocycles. The highest BCUT2D eigenvalue weighted by Gasteiger charge is 2.11.